The summed E-state index contributed by atoms with van der Waals surface area (Å²) >= 11 is 1.45. The molecule has 0 radical (unpaired) electrons. The normalized spacial score (nSPS) is 25.8. The topological polar surface area (TPSA) is 207 Å². The molecule has 340 valence electrons. The molecule has 6 atom stereocenters. The summed E-state index contributed by atoms with van der Waals surface area (Å²) in [5.41, 5.74) is -0.693. The van der Waals surface area contributed by atoms with Crippen LogP contribution in [-0.4, -0.2) is 101 Å². The minimum absolute atomic E-state index is 0.000523. The minimum atomic E-state index is -3.94. The summed E-state index contributed by atoms with van der Waals surface area (Å²) in [7, 11) is -2.37. The summed E-state index contributed by atoms with van der Waals surface area (Å²) in [4.78, 5) is 68.4. The van der Waals surface area contributed by atoms with E-state index in [2.05, 4.69) is 33.3 Å². The second kappa shape index (κ2) is 18.5. The van der Waals surface area contributed by atoms with Gasteiger partial charge in [0.15, 0.2) is 5.13 Å². The molecule has 3 aromatic rings. The molecule has 4 amide bonds. The maximum absolute atomic E-state index is 15.1. The fourth-order valence-electron chi connectivity index (χ4n) is 8.29. The predicted molar refractivity (Wildman–Crippen MR) is 241 cm³/mol. The Balaban J connectivity index is 1.29. The first-order valence-electron chi connectivity index (χ1n) is 21.8. The first-order chi connectivity index (χ1) is 29.9. The lowest BCUT2D eigenvalue weighted by atomic mass is 10.0. The van der Waals surface area contributed by atoms with Gasteiger partial charge in [0, 0.05) is 41.3 Å². The lowest BCUT2D eigenvalue weighted by Gasteiger charge is -2.34. The molecule has 1 saturated heterocycles. The Kier molecular flexibility index (Phi) is 13.4. The van der Waals surface area contributed by atoms with Crippen molar-refractivity contribution in [1.82, 2.24) is 30.2 Å². The van der Waals surface area contributed by atoms with Crippen molar-refractivity contribution < 1.29 is 41.8 Å². The number of benzene rings is 1. The van der Waals surface area contributed by atoms with E-state index in [4.69, 9.17) is 24.2 Å². The number of hydrogen-bond donors (Lipinski definition) is 4. The van der Waals surface area contributed by atoms with Crippen LogP contribution in [0.1, 0.15) is 98.8 Å². The zero-order valence-corrected chi connectivity index (χ0v) is 38.4. The molecule has 1 aromatic carbocycles. The van der Waals surface area contributed by atoms with Crippen LogP contribution in [0.2, 0.25) is 0 Å². The number of alkyl carbamates (subject to hydrolysis) is 1. The molecule has 4 aliphatic rings. The number of allylic oxidation sites excluding steroid dienone is 1. The van der Waals surface area contributed by atoms with Gasteiger partial charge < -0.3 is 35.1 Å². The fourth-order valence-corrected chi connectivity index (χ4v) is 10.5. The van der Waals surface area contributed by atoms with Gasteiger partial charge in [-0.2, -0.15) is 0 Å². The molecule has 18 heteroatoms. The molecule has 7 rings (SSSR count). The van der Waals surface area contributed by atoms with Crippen LogP contribution in [0.15, 0.2) is 54.5 Å². The molecule has 3 fully saturated rings. The van der Waals surface area contributed by atoms with Crippen molar-refractivity contribution in [3.63, 3.8) is 0 Å². The average molecular weight is 906 g/mol. The van der Waals surface area contributed by atoms with Crippen LogP contribution in [0.25, 0.3) is 22.3 Å². The van der Waals surface area contributed by atoms with E-state index >= 15 is 4.79 Å². The van der Waals surface area contributed by atoms with Gasteiger partial charge >= 0.3 is 6.09 Å². The Morgan fingerprint density at radius 1 is 1.05 bits per heavy atom. The zero-order chi connectivity index (χ0) is 45.3. The molecule has 16 nitrogen and oxygen atoms in total. The van der Waals surface area contributed by atoms with Crippen molar-refractivity contribution in [2.45, 2.75) is 145 Å². The van der Waals surface area contributed by atoms with E-state index in [9.17, 15) is 22.8 Å². The number of thiazole rings is 1. The molecule has 0 bridgehead atoms. The summed E-state index contributed by atoms with van der Waals surface area (Å²) in [6, 6.07) is 4.44. The maximum Gasteiger partial charge on any atom is 0.408 e. The number of pyridine rings is 1. The van der Waals surface area contributed by atoms with Crippen molar-refractivity contribution in [2.24, 2.45) is 5.92 Å². The number of rotatable bonds is 13. The van der Waals surface area contributed by atoms with Crippen molar-refractivity contribution in [1.29, 1.82) is 0 Å². The van der Waals surface area contributed by atoms with Gasteiger partial charge in [-0.25, -0.2) is 23.2 Å². The van der Waals surface area contributed by atoms with E-state index in [-0.39, 0.29) is 25.3 Å². The van der Waals surface area contributed by atoms with Crippen LogP contribution in [0, 0.1) is 5.92 Å². The first kappa shape index (κ1) is 45.8. The molecular weight excluding hydrogens is 847 g/mol. The van der Waals surface area contributed by atoms with Gasteiger partial charge in [-0.3, -0.25) is 19.1 Å². The highest BCUT2D eigenvalue weighted by molar-refractivity contribution is 7.91. The Morgan fingerprint density at radius 2 is 1.83 bits per heavy atom. The number of hydrogen-bond acceptors (Lipinski definition) is 13. The number of ether oxygens (including phenoxy) is 3. The lowest BCUT2D eigenvalue weighted by molar-refractivity contribution is -0.143. The zero-order valence-electron chi connectivity index (χ0n) is 36.8. The molecule has 3 unspecified atom stereocenters. The van der Waals surface area contributed by atoms with Gasteiger partial charge in [0.1, 0.15) is 46.5 Å². The Hall–Kier alpha value is -5.23. The van der Waals surface area contributed by atoms with Crippen LogP contribution in [0.3, 0.4) is 0 Å². The fraction of sp³-hybridized carbons (Fsp3) is 0.556. The number of aromatic nitrogens is 2. The van der Waals surface area contributed by atoms with Crippen LogP contribution < -0.4 is 30.1 Å². The first-order valence-corrected chi connectivity index (χ1v) is 24.2. The number of amides is 4. The average Bonchev–Trinajstić information content (AvgIpc) is 4.12. The van der Waals surface area contributed by atoms with Crippen LogP contribution >= 0.6 is 11.3 Å². The van der Waals surface area contributed by atoms with E-state index < -0.39 is 80.4 Å². The molecule has 4 heterocycles. The van der Waals surface area contributed by atoms with E-state index in [1.165, 1.54) is 22.3 Å². The third-order valence-corrected chi connectivity index (χ3v) is 14.3. The Labute approximate surface area is 373 Å². The third-order valence-electron chi connectivity index (χ3n) is 11.7. The molecule has 4 N–H and O–H groups in total. The van der Waals surface area contributed by atoms with Gasteiger partial charge in [0.2, 0.25) is 21.8 Å². The Bertz CT molecular complexity index is 2370. The summed E-state index contributed by atoms with van der Waals surface area (Å²) in [5.74, 6) is -1.53. The van der Waals surface area contributed by atoms with Crippen molar-refractivity contribution in [2.75, 3.05) is 12.4 Å². The summed E-state index contributed by atoms with van der Waals surface area (Å²) < 4.78 is 46.2. The van der Waals surface area contributed by atoms with Gasteiger partial charge in [-0.1, -0.05) is 31.1 Å². The molecule has 63 heavy (non-hydrogen) atoms. The molecule has 2 saturated carbocycles. The Morgan fingerprint density at radius 3 is 2.51 bits per heavy atom. The summed E-state index contributed by atoms with van der Waals surface area (Å²) in [6.45, 7) is 13.1. The van der Waals surface area contributed by atoms with Gasteiger partial charge in [-0.05, 0) is 91.7 Å². The monoisotopic (exact) mass is 905 g/mol. The predicted octanol–water partition coefficient (Wildman–Crippen LogP) is 6.38. The summed E-state index contributed by atoms with van der Waals surface area (Å²) in [6.07, 6.45) is 8.76. The standard InChI is InChI=1S/C45H59N7O9S2/c1-8-27-24-45(27,41(55)51-63(57,58)29-18-19-29)50-39(53)36-23-38(35-16-14-12-10-9-11-13-15-31(40(54)52(35)36)49-43(56)61-44(4,5)6)60-37-22-33(34-25-62-42(48-34)46-26(2)3)47-32-21-28(59-7)17-20-30(32)37/h8,12,14,17,20-22,25-27,29,31,35-36,38H,1,9-11,13,15-16,18-19,23-24H2,2-7H3,(H,46,48)(H,49,56)(H,50,53)(H,51,55)/b14-12-/t27-,31?,35?,36+,38-,45?/m1/s1. The molecule has 0 spiro atoms. The number of sulfonamides is 1. The molecule has 2 aromatic heterocycles. The van der Waals surface area contributed by atoms with Gasteiger partial charge in [0.25, 0.3) is 5.91 Å². The molecule has 2 aliphatic carbocycles. The SMILES string of the molecule is C=C[C@@H]1CC1(NC(=O)[C@@H]1C[C@@H](Oc2cc(-c3csc(NC(C)C)n3)nc3cc(OC)ccc23)C2C/C=C\CCCCCC(NC(=O)OC(C)(C)C)C(=O)N21)C(=O)NS(=O)(=O)C1CC1. The number of carbonyl (C=O) groups excluding carboxylic acids is 4. The quantitative estimate of drug-likeness (QED) is 0.138. The number of anilines is 1. The van der Waals surface area contributed by atoms with E-state index in [0.29, 0.717) is 59.5 Å². The van der Waals surface area contributed by atoms with Crippen LogP contribution in [0.4, 0.5) is 9.93 Å². The number of carbonyl (C=O) groups is 4. The number of fused-ring (bicyclic) bond motifs is 2. The van der Waals surface area contributed by atoms with Gasteiger partial charge in [0.05, 0.1) is 29.6 Å². The van der Waals surface area contributed by atoms with Crippen molar-refractivity contribution in [3.8, 4) is 22.9 Å². The summed E-state index contributed by atoms with van der Waals surface area (Å²) in [5, 5.41) is 11.7. The third kappa shape index (κ3) is 10.6. The largest absolute Gasteiger partial charge is 0.497 e. The molecule has 2 aliphatic heterocycles. The second-order valence-corrected chi connectivity index (χ2v) is 21.0. The second-order valence-electron chi connectivity index (χ2n) is 18.2. The van der Waals surface area contributed by atoms with E-state index in [1.54, 1.807) is 46.1 Å². The van der Waals surface area contributed by atoms with Crippen LogP contribution in [0.5, 0.6) is 11.5 Å². The molecular formula is C45H59N7O9S2. The maximum atomic E-state index is 15.1. The van der Waals surface area contributed by atoms with Crippen molar-refractivity contribution in [3.05, 3.63) is 54.5 Å². The smallest absolute Gasteiger partial charge is 0.408 e. The van der Waals surface area contributed by atoms with E-state index in [0.717, 1.165) is 24.4 Å². The lowest BCUT2D eigenvalue weighted by Crippen LogP contribution is -2.59. The highest BCUT2D eigenvalue weighted by atomic mass is 32.2. The number of nitrogens with one attached hydrogen (secondary N) is 4. The minimum Gasteiger partial charge on any atom is -0.497 e. The highest BCUT2D eigenvalue weighted by Gasteiger charge is 2.62. The van der Waals surface area contributed by atoms with Crippen molar-refractivity contribution >= 4 is 61.2 Å². The number of nitrogens with zero attached hydrogens (tertiary/aromatic N) is 3. The van der Waals surface area contributed by atoms with Crippen LogP contribution in [-0.2, 0) is 29.1 Å². The van der Waals surface area contributed by atoms with E-state index in [1.807, 2.05) is 31.4 Å². The van der Waals surface area contributed by atoms with Gasteiger partial charge in [-0.15, -0.1) is 17.9 Å². The number of methoxy groups -OCH3 is 1. The highest BCUT2D eigenvalue weighted by Crippen LogP contribution is 2.46.